The summed E-state index contributed by atoms with van der Waals surface area (Å²) in [5, 5.41) is 0. The zero-order valence-electron chi connectivity index (χ0n) is 8.54. The van der Waals surface area contributed by atoms with Crippen LogP contribution in [0.25, 0.3) is 0 Å². The van der Waals surface area contributed by atoms with Crippen LogP contribution in [0, 0.1) is 0 Å². The van der Waals surface area contributed by atoms with Crippen molar-refractivity contribution < 1.29 is 17.9 Å². The molecule has 88 valence electrons. The van der Waals surface area contributed by atoms with Crippen molar-refractivity contribution in [2.24, 2.45) is 0 Å². The van der Waals surface area contributed by atoms with E-state index in [0.717, 1.165) is 19.0 Å². The van der Waals surface area contributed by atoms with E-state index in [9.17, 15) is 13.2 Å². The summed E-state index contributed by atoms with van der Waals surface area (Å²) in [6.07, 6.45) is -0.0178. The summed E-state index contributed by atoms with van der Waals surface area (Å²) < 4.78 is 43.4. The molecule has 1 saturated carbocycles. The summed E-state index contributed by atoms with van der Waals surface area (Å²) in [7, 11) is 0. The van der Waals surface area contributed by atoms with Crippen molar-refractivity contribution in [2.75, 3.05) is 6.26 Å². The van der Waals surface area contributed by atoms with Crippen molar-refractivity contribution in [2.45, 2.75) is 30.0 Å². The number of thioether (sulfide) groups is 1. The highest BCUT2D eigenvalue weighted by atomic mass is 32.2. The van der Waals surface area contributed by atoms with Gasteiger partial charge in [-0.05, 0) is 25.2 Å². The molecule has 0 bridgehead atoms. The molecular weight excluding hydrogens is 239 g/mol. The highest BCUT2D eigenvalue weighted by molar-refractivity contribution is 7.98. The van der Waals surface area contributed by atoms with Crippen LogP contribution in [-0.4, -0.2) is 17.3 Å². The van der Waals surface area contributed by atoms with Gasteiger partial charge in [0.25, 0.3) is 0 Å². The highest BCUT2D eigenvalue weighted by Crippen LogP contribution is 2.41. The lowest BCUT2D eigenvalue weighted by atomic mass is 10.3. The number of pyridine rings is 1. The lowest BCUT2D eigenvalue weighted by molar-refractivity contribution is -0.142. The third-order valence-electron chi connectivity index (χ3n) is 2.17. The van der Waals surface area contributed by atoms with E-state index in [1.54, 1.807) is 6.26 Å². The van der Waals surface area contributed by atoms with Gasteiger partial charge in [-0.15, -0.1) is 11.8 Å². The van der Waals surface area contributed by atoms with E-state index >= 15 is 0 Å². The van der Waals surface area contributed by atoms with E-state index in [0.29, 0.717) is 4.90 Å². The van der Waals surface area contributed by atoms with E-state index < -0.39 is 11.9 Å². The average Bonchev–Trinajstić information content (AvgIpc) is 3.00. The van der Waals surface area contributed by atoms with Gasteiger partial charge in [0.1, 0.15) is 0 Å². The van der Waals surface area contributed by atoms with Crippen molar-refractivity contribution in [3.63, 3.8) is 0 Å². The fraction of sp³-hybridized carbons (Fsp3) is 0.500. The van der Waals surface area contributed by atoms with Crippen molar-refractivity contribution >= 4 is 11.8 Å². The Balaban J connectivity index is 2.41. The minimum atomic E-state index is -4.46. The van der Waals surface area contributed by atoms with Gasteiger partial charge in [0.05, 0.1) is 11.0 Å². The van der Waals surface area contributed by atoms with Crippen LogP contribution in [0.2, 0.25) is 0 Å². The first-order valence-electron chi connectivity index (χ1n) is 4.79. The van der Waals surface area contributed by atoms with Crippen LogP contribution >= 0.6 is 11.8 Å². The number of ether oxygens (including phenoxy) is 1. The normalized spacial score (nSPS) is 16.2. The maximum absolute atomic E-state index is 12.7. The second kappa shape index (κ2) is 4.16. The average molecular weight is 249 g/mol. The molecule has 16 heavy (non-hydrogen) atoms. The van der Waals surface area contributed by atoms with E-state index in [-0.39, 0.29) is 11.9 Å². The smallest absolute Gasteiger partial charge is 0.437 e. The van der Waals surface area contributed by atoms with Crippen LogP contribution in [0.4, 0.5) is 13.2 Å². The van der Waals surface area contributed by atoms with Crippen molar-refractivity contribution in [3.8, 4) is 5.75 Å². The third-order valence-corrected chi connectivity index (χ3v) is 2.93. The molecule has 0 saturated heterocycles. The van der Waals surface area contributed by atoms with E-state index in [4.69, 9.17) is 4.74 Å². The number of aromatic nitrogens is 1. The summed E-state index contributed by atoms with van der Waals surface area (Å²) in [5.41, 5.74) is -0.925. The Labute approximate surface area is 95.2 Å². The molecular formula is C10H10F3NOS. The second-order valence-corrected chi connectivity index (χ2v) is 4.35. The Morgan fingerprint density at radius 1 is 1.44 bits per heavy atom. The molecule has 0 radical (unpaired) electrons. The van der Waals surface area contributed by atoms with Crippen molar-refractivity contribution in [1.29, 1.82) is 0 Å². The van der Waals surface area contributed by atoms with Gasteiger partial charge < -0.3 is 4.74 Å². The number of hydrogen-bond donors (Lipinski definition) is 0. The van der Waals surface area contributed by atoms with Gasteiger partial charge in [0, 0.05) is 6.20 Å². The predicted octanol–water partition coefficient (Wildman–Crippen LogP) is 3.36. The summed E-state index contributed by atoms with van der Waals surface area (Å²) in [6, 6.07) is 1.54. The second-order valence-electron chi connectivity index (χ2n) is 3.51. The van der Waals surface area contributed by atoms with E-state index in [1.165, 1.54) is 17.8 Å². The molecule has 0 aliphatic heterocycles. The summed E-state index contributed by atoms with van der Waals surface area (Å²) in [6.45, 7) is 0. The van der Waals surface area contributed by atoms with E-state index in [2.05, 4.69) is 4.98 Å². The minimum absolute atomic E-state index is 0.0730. The predicted molar refractivity (Wildman–Crippen MR) is 54.7 cm³/mol. The van der Waals surface area contributed by atoms with Gasteiger partial charge >= 0.3 is 6.18 Å². The molecule has 1 heterocycles. The van der Waals surface area contributed by atoms with Crippen LogP contribution in [-0.2, 0) is 6.18 Å². The Morgan fingerprint density at radius 2 is 2.12 bits per heavy atom. The molecule has 0 amide bonds. The van der Waals surface area contributed by atoms with Crippen LogP contribution in [0.3, 0.4) is 0 Å². The molecule has 1 fully saturated rings. The van der Waals surface area contributed by atoms with Crippen LogP contribution < -0.4 is 4.74 Å². The molecule has 1 aromatic heterocycles. The van der Waals surface area contributed by atoms with Crippen LogP contribution in [0.1, 0.15) is 18.5 Å². The van der Waals surface area contributed by atoms with Crippen LogP contribution in [0.15, 0.2) is 17.2 Å². The van der Waals surface area contributed by atoms with Gasteiger partial charge in [-0.2, -0.15) is 13.2 Å². The molecule has 2 nitrogen and oxygen atoms in total. The third kappa shape index (κ3) is 2.42. The number of halogens is 3. The maximum atomic E-state index is 12.7. The Bertz CT molecular complexity index is 390. The lowest BCUT2D eigenvalue weighted by Gasteiger charge is -2.15. The monoisotopic (exact) mass is 249 g/mol. The Hall–Kier alpha value is -0.910. The van der Waals surface area contributed by atoms with Crippen LogP contribution in [0.5, 0.6) is 5.75 Å². The molecule has 1 aliphatic carbocycles. The molecule has 0 unspecified atom stereocenters. The van der Waals surface area contributed by atoms with Gasteiger partial charge in [0.2, 0.25) is 0 Å². The topological polar surface area (TPSA) is 22.1 Å². The highest BCUT2D eigenvalue weighted by Gasteiger charge is 2.39. The number of nitrogens with zero attached hydrogens (tertiary/aromatic N) is 1. The van der Waals surface area contributed by atoms with Gasteiger partial charge in [0.15, 0.2) is 11.4 Å². The zero-order chi connectivity index (χ0) is 11.8. The number of hydrogen-bond acceptors (Lipinski definition) is 3. The molecule has 0 spiro atoms. The molecule has 2 rings (SSSR count). The molecule has 6 heteroatoms. The Kier molecular flexibility index (Phi) is 3.01. The first kappa shape index (κ1) is 11.6. The van der Waals surface area contributed by atoms with Crippen molar-refractivity contribution in [3.05, 3.63) is 18.0 Å². The standard InChI is InChI=1S/C10H10F3NOS/c1-16-7-4-5-14-9(10(11,12)13)8(7)15-6-2-3-6/h4-6H,2-3H2,1H3. The first-order chi connectivity index (χ1) is 7.52. The van der Waals surface area contributed by atoms with Gasteiger partial charge in [-0.1, -0.05) is 0 Å². The minimum Gasteiger partial charge on any atom is -0.487 e. The molecule has 0 N–H and O–H groups in total. The summed E-state index contributed by atoms with van der Waals surface area (Å²) in [4.78, 5) is 3.86. The van der Waals surface area contributed by atoms with Crippen molar-refractivity contribution in [1.82, 2.24) is 4.98 Å². The summed E-state index contributed by atoms with van der Waals surface area (Å²) in [5.74, 6) is -0.120. The first-order valence-corrected chi connectivity index (χ1v) is 6.01. The quantitative estimate of drug-likeness (QED) is 0.767. The van der Waals surface area contributed by atoms with Gasteiger partial charge in [-0.3, -0.25) is 0 Å². The largest absolute Gasteiger partial charge is 0.487 e. The number of alkyl halides is 3. The summed E-state index contributed by atoms with van der Waals surface area (Å²) >= 11 is 1.23. The molecule has 0 atom stereocenters. The van der Waals surface area contributed by atoms with E-state index in [1.807, 2.05) is 0 Å². The number of rotatable bonds is 3. The Morgan fingerprint density at radius 3 is 2.62 bits per heavy atom. The van der Waals surface area contributed by atoms with Gasteiger partial charge in [-0.25, -0.2) is 4.98 Å². The SMILES string of the molecule is CSc1ccnc(C(F)(F)F)c1OC1CC1. The fourth-order valence-electron chi connectivity index (χ4n) is 1.26. The zero-order valence-corrected chi connectivity index (χ0v) is 9.36. The maximum Gasteiger partial charge on any atom is 0.437 e. The molecule has 1 aliphatic rings. The lowest BCUT2D eigenvalue weighted by Crippen LogP contribution is -2.12. The molecule has 0 aromatic carbocycles. The fourth-order valence-corrected chi connectivity index (χ4v) is 1.79. The molecule has 1 aromatic rings.